The third-order valence-electron chi connectivity index (χ3n) is 3.95. The van der Waals surface area contributed by atoms with Crippen molar-refractivity contribution in [1.29, 1.82) is 0 Å². The van der Waals surface area contributed by atoms with Gasteiger partial charge in [0.25, 0.3) is 0 Å². The molecule has 0 heterocycles. The molecule has 0 aromatic heterocycles. The van der Waals surface area contributed by atoms with Gasteiger partial charge in [-0.15, -0.1) is 11.8 Å². The van der Waals surface area contributed by atoms with Crippen LogP contribution < -0.4 is 19.9 Å². The molecule has 6 heteroatoms. The molecule has 0 aliphatic rings. The Morgan fingerprint density at radius 1 is 1.15 bits per heavy atom. The van der Waals surface area contributed by atoms with Crippen molar-refractivity contribution >= 4 is 23.2 Å². The minimum Gasteiger partial charge on any atom is -0.496 e. The number of carbonyl (C=O) groups is 1. The van der Waals surface area contributed by atoms with Gasteiger partial charge in [-0.05, 0) is 36.9 Å². The molecule has 5 nitrogen and oxygen atoms in total. The van der Waals surface area contributed by atoms with Crippen LogP contribution >= 0.6 is 11.8 Å². The summed E-state index contributed by atoms with van der Waals surface area (Å²) in [5.74, 6) is 1.58. The first-order valence-corrected chi connectivity index (χ1v) is 9.62. The first kappa shape index (κ1) is 20.0. The largest absolute Gasteiger partial charge is 0.496 e. The summed E-state index contributed by atoms with van der Waals surface area (Å²) in [5, 5.41) is 0. The van der Waals surface area contributed by atoms with Crippen LogP contribution in [0.5, 0.6) is 17.2 Å². The molecule has 0 bridgehead atoms. The zero-order valence-corrected chi connectivity index (χ0v) is 16.4. The van der Waals surface area contributed by atoms with Crippen molar-refractivity contribution in [2.45, 2.75) is 30.8 Å². The Balaban J connectivity index is 2.38. The Labute approximate surface area is 158 Å². The van der Waals surface area contributed by atoms with E-state index in [1.54, 1.807) is 44.6 Å². The average Bonchev–Trinajstić information content (AvgIpc) is 2.66. The van der Waals surface area contributed by atoms with Gasteiger partial charge in [0.05, 0.1) is 24.7 Å². The topological polar surface area (TPSA) is 70.8 Å². The van der Waals surface area contributed by atoms with Gasteiger partial charge < -0.3 is 19.9 Å². The van der Waals surface area contributed by atoms with E-state index in [0.717, 1.165) is 11.3 Å². The lowest BCUT2D eigenvalue weighted by Crippen LogP contribution is -2.28. The van der Waals surface area contributed by atoms with E-state index >= 15 is 0 Å². The molecule has 2 rings (SSSR count). The smallest absolute Gasteiger partial charge is 0.207 e. The summed E-state index contributed by atoms with van der Waals surface area (Å²) in [6, 6.07) is 10.6. The molecule has 0 radical (unpaired) electrons. The fourth-order valence-electron chi connectivity index (χ4n) is 2.65. The van der Waals surface area contributed by atoms with E-state index in [1.165, 1.54) is 11.8 Å². The van der Waals surface area contributed by atoms with E-state index < -0.39 is 6.10 Å². The highest BCUT2D eigenvalue weighted by Crippen LogP contribution is 2.35. The SMILES string of the molecule is CCCC(Oc1cccc(N)c1)C(=O)c1cc(OC)c(SC)cc1OC. The number of benzene rings is 2. The number of ether oxygens (including phenoxy) is 3. The molecule has 0 aliphatic carbocycles. The van der Waals surface area contributed by atoms with Crippen molar-refractivity contribution in [2.24, 2.45) is 0 Å². The van der Waals surface area contributed by atoms with Crippen LogP contribution in [0.25, 0.3) is 0 Å². The normalized spacial score (nSPS) is 11.7. The lowest BCUT2D eigenvalue weighted by molar-refractivity contribution is 0.0773. The van der Waals surface area contributed by atoms with Gasteiger partial charge >= 0.3 is 0 Å². The molecule has 0 aliphatic heterocycles. The Morgan fingerprint density at radius 2 is 1.88 bits per heavy atom. The molecule has 1 atom stereocenters. The number of nitrogen functional groups attached to an aromatic ring is 1. The van der Waals surface area contributed by atoms with Crippen LogP contribution in [0.15, 0.2) is 41.3 Å². The third kappa shape index (κ3) is 4.64. The van der Waals surface area contributed by atoms with Crippen LogP contribution in [0.4, 0.5) is 5.69 Å². The van der Waals surface area contributed by atoms with E-state index in [4.69, 9.17) is 19.9 Å². The van der Waals surface area contributed by atoms with E-state index in [9.17, 15) is 4.79 Å². The molecular weight excluding hydrogens is 350 g/mol. The summed E-state index contributed by atoms with van der Waals surface area (Å²) in [5.41, 5.74) is 6.85. The zero-order chi connectivity index (χ0) is 19.1. The maximum atomic E-state index is 13.2. The maximum Gasteiger partial charge on any atom is 0.207 e. The van der Waals surface area contributed by atoms with Gasteiger partial charge in [0.1, 0.15) is 17.2 Å². The van der Waals surface area contributed by atoms with Gasteiger partial charge in [0.15, 0.2) is 6.10 Å². The fraction of sp³-hybridized carbons (Fsp3) is 0.350. The highest BCUT2D eigenvalue weighted by molar-refractivity contribution is 7.98. The van der Waals surface area contributed by atoms with E-state index in [-0.39, 0.29) is 5.78 Å². The van der Waals surface area contributed by atoms with Crippen molar-refractivity contribution in [3.8, 4) is 17.2 Å². The standard InChI is InChI=1S/C20H25NO4S/c1-5-7-16(25-14-9-6-8-13(21)10-14)20(22)15-11-18(24-3)19(26-4)12-17(15)23-2/h6,8-12,16H,5,7,21H2,1-4H3. The van der Waals surface area contributed by atoms with Gasteiger partial charge in [0.2, 0.25) is 5.78 Å². The molecule has 0 amide bonds. The summed E-state index contributed by atoms with van der Waals surface area (Å²) >= 11 is 1.53. The van der Waals surface area contributed by atoms with Crippen LogP contribution in [-0.2, 0) is 0 Å². The summed E-state index contributed by atoms with van der Waals surface area (Å²) in [6.45, 7) is 2.01. The second kappa shape index (κ2) is 9.38. The van der Waals surface area contributed by atoms with E-state index in [1.807, 2.05) is 19.2 Å². The molecule has 2 aromatic carbocycles. The van der Waals surface area contributed by atoms with Crippen LogP contribution in [0.2, 0.25) is 0 Å². The van der Waals surface area contributed by atoms with Crippen LogP contribution in [0.3, 0.4) is 0 Å². The second-order valence-electron chi connectivity index (χ2n) is 5.74. The van der Waals surface area contributed by atoms with E-state index in [2.05, 4.69) is 0 Å². The minimum absolute atomic E-state index is 0.142. The summed E-state index contributed by atoms with van der Waals surface area (Å²) in [6.07, 6.45) is 2.71. The van der Waals surface area contributed by atoms with Gasteiger partial charge in [-0.1, -0.05) is 19.4 Å². The van der Waals surface area contributed by atoms with Crippen molar-refractivity contribution in [3.63, 3.8) is 0 Å². The Morgan fingerprint density at radius 3 is 2.46 bits per heavy atom. The van der Waals surface area contributed by atoms with Crippen LogP contribution in [0.1, 0.15) is 30.1 Å². The number of anilines is 1. The number of Topliss-reactive ketones (excluding diaryl/α,β-unsaturated/α-hetero) is 1. The monoisotopic (exact) mass is 375 g/mol. The Bertz CT molecular complexity index is 763. The molecule has 26 heavy (non-hydrogen) atoms. The van der Waals surface area contributed by atoms with Crippen molar-refractivity contribution in [2.75, 3.05) is 26.2 Å². The lowest BCUT2D eigenvalue weighted by Gasteiger charge is -2.20. The summed E-state index contributed by atoms with van der Waals surface area (Å²) in [7, 11) is 3.14. The number of carbonyl (C=O) groups excluding carboxylic acids is 1. The number of hydrogen-bond donors (Lipinski definition) is 1. The average molecular weight is 375 g/mol. The minimum atomic E-state index is -0.625. The molecule has 1 unspecified atom stereocenters. The number of thioether (sulfide) groups is 1. The quantitative estimate of drug-likeness (QED) is 0.397. The number of rotatable bonds is 9. The highest BCUT2D eigenvalue weighted by Gasteiger charge is 2.26. The number of nitrogens with two attached hydrogens (primary N) is 1. The predicted octanol–water partition coefficient (Wildman–Crippen LogP) is 4.44. The molecule has 140 valence electrons. The summed E-state index contributed by atoms with van der Waals surface area (Å²) < 4.78 is 16.8. The molecule has 0 saturated carbocycles. The van der Waals surface area contributed by atoms with Gasteiger partial charge in [-0.3, -0.25) is 4.79 Å². The molecule has 0 saturated heterocycles. The maximum absolute atomic E-state index is 13.2. The van der Waals surface area contributed by atoms with Crippen LogP contribution in [-0.4, -0.2) is 32.4 Å². The van der Waals surface area contributed by atoms with Crippen molar-refractivity contribution < 1.29 is 19.0 Å². The molecule has 2 N–H and O–H groups in total. The zero-order valence-electron chi connectivity index (χ0n) is 15.6. The van der Waals surface area contributed by atoms with E-state index in [0.29, 0.717) is 34.9 Å². The Hall–Kier alpha value is -2.34. The first-order chi connectivity index (χ1) is 12.5. The lowest BCUT2D eigenvalue weighted by atomic mass is 10.0. The number of ketones is 1. The first-order valence-electron chi connectivity index (χ1n) is 8.40. The van der Waals surface area contributed by atoms with Gasteiger partial charge in [0, 0.05) is 11.8 Å². The number of methoxy groups -OCH3 is 2. The third-order valence-corrected chi connectivity index (χ3v) is 4.71. The number of hydrogen-bond acceptors (Lipinski definition) is 6. The summed E-state index contributed by atoms with van der Waals surface area (Å²) in [4.78, 5) is 14.1. The fourth-order valence-corrected chi connectivity index (χ4v) is 3.22. The highest BCUT2D eigenvalue weighted by atomic mass is 32.2. The van der Waals surface area contributed by atoms with Gasteiger partial charge in [-0.2, -0.15) is 0 Å². The van der Waals surface area contributed by atoms with Crippen molar-refractivity contribution in [3.05, 3.63) is 42.0 Å². The van der Waals surface area contributed by atoms with Crippen molar-refractivity contribution in [1.82, 2.24) is 0 Å². The molecular formula is C20H25NO4S. The van der Waals surface area contributed by atoms with Crippen LogP contribution in [0, 0.1) is 0 Å². The molecule has 0 fully saturated rings. The predicted molar refractivity (Wildman–Crippen MR) is 106 cm³/mol. The molecule has 2 aromatic rings. The Kier molecular flexibility index (Phi) is 7.21. The molecule has 0 spiro atoms. The van der Waals surface area contributed by atoms with Gasteiger partial charge in [-0.25, -0.2) is 0 Å². The second-order valence-corrected chi connectivity index (χ2v) is 6.59.